The number of hydrogen-bond donors (Lipinski definition) is 1. The zero-order valence-corrected chi connectivity index (χ0v) is 12.5. The second-order valence-corrected chi connectivity index (χ2v) is 5.67. The number of nitrogens with zero attached hydrogens (tertiary/aromatic N) is 4. The predicted molar refractivity (Wildman–Crippen MR) is 79.9 cm³/mol. The molecule has 7 heteroatoms. The van der Waals surface area contributed by atoms with Crippen LogP contribution in [0.2, 0.25) is 0 Å². The van der Waals surface area contributed by atoms with Crippen molar-refractivity contribution in [1.29, 1.82) is 0 Å². The van der Waals surface area contributed by atoms with Crippen LogP contribution in [0.25, 0.3) is 11.3 Å². The molecule has 0 bridgehead atoms. The molecule has 0 saturated carbocycles. The van der Waals surface area contributed by atoms with Gasteiger partial charge in [0.1, 0.15) is 6.33 Å². The lowest BCUT2D eigenvalue weighted by molar-refractivity contribution is -0.119. The molecule has 3 rings (SSSR count). The van der Waals surface area contributed by atoms with Gasteiger partial charge in [-0.15, -0.1) is 0 Å². The second-order valence-electron chi connectivity index (χ2n) is 5.67. The van der Waals surface area contributed by atoms with Crippen molar-refractivity contribution in [2.75, 3.05) is 19.6 Å². The van der Waals surface area contributed by atoms with Gasteiger partial charge in [-0.3, -0.25) is 9.69 Å². The number of likely N-dealkylation sites (tertiary alicyclic amines) is 1. The van der Waals surface area contributed by atoms with Gasteiger partial charge in [-0.1, -0.05) is 5.16 Å². The summed E-state index contributed by atoms with van der Waals surface area (Å²) < 4.78 is 5.35. The Morgan fingerprint density at radius 2 is 2.23 bits per heavy atom. The summed E-state index contributed by atoms with van der Waals surface area (Å²) in [7, 11) is 0. The van der Waals surface area contributed by atoms with Crippen LogP contribution < -0.4 is 5.73 Å². The lowest BCUT2D eigenvalue weighted by Crippen LogP contribution is -2.39. The Bertz CT molecular complexity index is 661. The van der Waals surface area contributed by atoms with Crippen LogP contribution in [-0.2, 0) is 4.79 Å². The molecule has 2 aromatic rings. The van der Waals surface area contributed by atoms with Crippen LogP contribution in [0.5, 0.6) is 0 Å². The van der Waals surface area contributed by atoms with E-state index in [0.717, 1.165) is 42.9 Å². The van der Waals surface area contributed by atoms with Crippen molar-refractivity contribution in [3.8, 4) is 11.3 Å². The zero-order valence-electron chi connectivity index (χ0n) is 12.5. The fourth-order valence-electron chi connectivity index (χ4n) is 2.93. The third-order valence-corrected chi connectivity index (χ3v) is 3.99. The average Bonchev–Trinajstić information content (AvgIpc) is 2.94. The molecule has 0 aliphatic carbocycles. The van der Waals surface area contributed by atoms with Crippen molar-refractivity contribution in [2.24, 2.45) is 5.73 Å². The van der Waals surface area contributed by atoms with Crippen molar-refractivity contribution in [3.63, 3.8) is 0 Å². The summed E-state index contributed by atoms with van der Waals surface area (Å²) in [5, 5.41) is 3.93. The number of aromatic nitrogens is 3. The van der Waals surface area contributed by atoms with E-state index < -0.39 is 0 Å². The largest absolute Gasteiger partial charge is 0.369 e. The molecule has 0 unspecified atom stereocenters. The fraction of sp³-hybridized carbons (Fsp3) is 0.467. The molecule has 1 aliphatic heterocycles. The van der Waals surface area contributed by atoms with E-state index >= 15 is 0 Å². The van der Waals surface area contributed by atoms with Crippen LogP contribution in [-0.4, -0.2) is 45.6 Å². The zero-order chi connectivity index (χ0) is 15.5. The first-order chi connectivity index (χ1) is 10.6. The van der Waals surface area contributed by atoms with E-state index in [4.69, 9.17) is 10.3 Å². The SMILES string of the molecule is Cc1cc(-c2cncnc2C2CCN(CC(N)=O)CC2)on1. The Morgan fingerprint density at radius 3 is 2.86 bits per heavy atom. The first kappa shape index (κ1) is 14.6. The van der Waals surface area contributed by atoms with E-state index in [2.05, 4.69) is 20.0 Å². The molecule has 2 aromatic heterocycles. The van der Waals surface area contributed by atoms with Gasteiger partial charge in [0.2, 0.25) is 5.91 Å². The Hall–Kier alpha value is -2.28. The van der Waals surface area contributed by atoms with E-state index in [1.54, 1.807) is 12.5 Å². The molecule has 22 heavy (non-hydrogen) atoms. The van der Waals surface area contributed by atoms with Crippen LogP contribution in [0.1, 0.15) is 30.1 Å². The fourth-order valence-corrected chi connectivity index (χ4v) is 2.93. The normalized spacial score (nSPS) is 16.8. The average molecular weight is 301 g/mol. The van der Waals surface area contributed by atoms with Crippen molar-refractivity contribution < 1.29 is 9.32 Å². The topological polar surface area (TPSA) is 98.1 Å². The maximum absolute atomic E-state index is 11.0. The maximum atomic E-state index is 11.0. The number of piperidine rings is 1. The molecule has 0 spiro atoms. The molecule has 7 nitrogen and oxygen atoms in total. The molecular weight excluding hydrogens is 282 g/mol. The van der Waals surface area contributed by atoms with E-state index in [1.165, 1.54) is 0 Å². The van der Waals surface area contributed by atoms with E-state index in [1.807, 2.05) is 13.0 Å². The van der Waals surface area contributed by atoms with Crippen molar-refractivity contribution in [2.45, 2.75) is 25.7 Å². The standard InChI is InChI=1S/C15H19N5O2/c1-10-6-13(22-19-10)12-7-17-9-18-15(12)11-2-4-20(5-3-11)8-14(16)21/h6-7,9,11H,2-5,8H2,1H3,(H2,16,21). The van der Waals surface area contributed by atoms with Crippen LogP contribution in [0.4, 0.5) is 0 Å². The van der Waals surface area contributed by atoms with Crippen LogP contribution in [0, 0.1) is 6.92 Å². The van der Waals surface area contributed by atoms with E-state index in [0.29, 0.717) is 18.2 Å². The molecule has 2 N–H and O–H groups in total. The Labute approximate surface area is 128 Å². The molecule has 1 aliphatic rings. The Morgan fingerprint density at radius 1 is 1.45 bits per heavy atom. The highest BCUT2D eigenvalue weighted by molar-refractivity contribution is 5.75. The summed E-state index contributed by atoms with van der Waals surface area (Å²) in [6.45, 7) is 3.89. The van der Waals surface area contributed by atoms with Crippen LogP contribution in [0.15, 0.2) is 23.1 Å². The maximum Gasteiger partial charge on any atom is 0.231 e. The first-order valence-corrected chi connectivity index (χ1v) is 7.37. The molecule has 1 fully saturated rings. The van der Waals surface area contributed by atoms with Gasteiger partial charge in [-0.05, 0) is 32.9 Å². The summed E-state index contributed by atoms with van der Waals surface area (Å²) >= 11 is 0. The van der Waals surface area contributed by atoms with Gasteiger partial charge in [0.05, 0.1) is 23.5 Å². The van der Waals surface area contributed by atoms with Crippen molar-refractivity contribution in [3.05, 3.63) is 30.0 Å². The lowest BCUT2D eigenvalue weighted by atomic mass is 9.90. The monoisotopic (exact) mass is 301 g/mol. The van der Waals surface area contributed by atoms with Crippen LogP contribution >= 0.6 is 0 Å². The number of amides is 1. The second kappa shape index (κ2) is 6.23. The summed E-state index contributed by atoms with van der Waals surface area (Å²) in [5.41, 5.74) is 7.98. The van der Waals surface area contributed by atoms with Gasteiger partial charge >= 0.3 is 0 Å². The predicted octanol–water partition coefficient (Wildman–Crippen LogP) is 1.10. The highest BCUT2D eigenvalue weighted by Crippen LogP contribution is 2.33. The number of rotatable bonds is 4. The van der Waals surface area contributed by atoms with Gasteiger partial charge in [-0.2, -0.15) is 0 Å². The van der Waals surface area contributed by atoms with Gasteiger partial charge in [0, 0.05) is 18.2 Å². The molecule has 116 valence electrons. The number of hydrogen-bond acceptors (Lipinski definition) is 6. The molecule has 3 heterocycles. The number of carbonyl (C=O) groups is 1. The minimum absolute atomic E-state index is 0.279. The molecule has 1 amide bonds. The third kappa shape index (κ3) is 3.14. The molecule has 0 aromatic carbocycles. The highest BCUT2D eigenvalue weighted by atomic mass is 16.5. The number of carbonyl (C=O) groups excluding carboxylic acids is 1. The van der Waals surface area contributed by atoms with Gasteiger partial charge < -0.3 is 10.3 Å². The first-order valence-electron chi connectivity index (χ1n) is 7.37. The molecular formula is C15H19N5O2. The Kier molecular flexibility index (Phi) is 4.15. The van der Waals surface area contributed by atoms with Gasteiger partial charge in [0.15, 0.2) is 5.76 Å². The summed E-state index contributed by atoms with van der Waals surface area (Å²) in [5.74, 6) is 0.749. The quantitative estimate of drug-likeness (QED) is 0.908. The lowest BCUT2D eigenvalue weighted by Gasteiger charge is -2.31. The number of aryl methyl sites for hydroxylation is 1. The number of primary amides is 1. The van der Waals surface area contributed by atoms with Gasteiger partial charge in [0.25, 0.3) is 0 Å². The molecule has 0 radical (unpaired) electrons. The number of nitrogens with two attached hydrogens (primary N) is 1. The third-order valence-electron chi connectivity index (χ3n) is 3.99. The smallest absolute Gasteiger partial charge is 0.231 e. The van der Waals surface area contributed by atoms with Crippen molar-refractivity contribution in [1.82, 2.24) is 20.0 Å². The van der Waals surface area contributed by atoms with Gasteiger partial charge in [-0.25, -0.2) is 9.97 Å². The Balaban J connectivity index is 1.77. The summed E-state index contributed by atoms with van der Waals surface area (Å²) in [4.78, 5) is 21.7. The summed E-state index contributed by atoms with van der Waals surface area (Å²) in [6, 6.07) is 1.89. The summed E-state index contributed by atoms with van der Waals surface area (Å²) in [6.07, 6.45) is 5.21. The minimum atomic E-state index is -0.279. The minimum Gasteiger partial charge on any atom is -0.369 e. The highest BCUT2D eigenvalue weighted by Gasteiger charge is 2.25. The van der Waals surface area contributed by atoms with Crippen LogP contribution in [0.3, 0.4) is 0 Å². The molecule has 1 saturated heterocycles. The van der Waals surface area contributed by atoms with E-state index in [-0.39, 0.29) is 5.91 Å². The molecule has 0 atom stereocenters. The van der Waals surface area contributed by atoms with E-state index in [9.17, 15) is 4.79 Å². The van der Waals surface area contributed by atoms with Crippen molar-refractivity contribution >= 4 is 5.91 Å².